The fraction of sp³-hybridized carbons (Fsp3) is 0.222. The van der Waals surface area contributed by atoms with Crippen LogP contribution in [0.15, 0.2) is 103 Å². The van der Waals surface area contributed by atoms with Crippen LogP contribution in [-0.4, -0.2) is 25.0 Å². The summed E-state index contributed by atoms with van der Waals surface area (Å²) in [7, 11) is 0. The second-order valence-electron chi connectivity index (χ2n) is 8.00. The quantitative estimate of drug-likeness (QED) is 0.489. The number of carbonyl (C=O) groups is 1. The van der Waals surface area contributed by atoms with Gasteiger partial charge in [-0.25, -0.2) is 4.79 Å². The van der Waals surface area contributed by atoms with Crippen molar-refractivity contribution in [2.24, 2.45) is 11.8 Å². The van der Waals surface area contributed by atoms with Crippen molar-refractivity contribution in [2.45, 2.75) is 18.8 Å². The van der Waals surface area contributed by atoms with Crippen LogP contribution in [0.1, 0.15) is 11.1 Å². The fourth-order valence-electron chi connectivity index (χ4n) is 4.27. The molecular formula is C27H24O5. The lowest BCUT2D eigenvalue weighted by Crippen LogP contribution is -2.25. The highest BCUT2D eigenvalue weighted by molar-refractivity contribution is 5.89. The Bertz CT molecular complexity index is 1080. The zero-order valence-electron chi connectivity index (χ0n) is 17.6. The standard InChI is InChI=1S/C27H24O5/c1-18(27(28)29-16-20-10-6-3-7-11-20)26-21(13-12-19-8-4-2-5-9-19)22-14-24-25(31-17-30-24)15-23(22)32-26/h2-15,21-23,26H,1,16-17H2/b13-12+. The molecule has 4 atom stereocenters. The van der Waals surface area contributed by atoms with E-state index in [9.17, 15) is 4.79 Å². The molecule has 2 fully saturated rings. The van der Waals surface area contributed by atoms with Gasteiger partial charge in [0.15, 0.2) is 11.5 Å². The minimum atomic E-state index is -0.513. The molecule has 5 heteroatoms. The van der Waals surface area contributed by atoms with Crippen LogP contribution in [-0.2, 0) is 30.3 Å². The number of rotatable bonds is 6. The van der Waals surface area contributed by atoms with E-state index in [0.717, 1.165) is 16.9 Å². The molecule has 2 aromatic carbocycles. The molecule has 1 aliphatic carbocycles. The van der Waals surface area contributed by atoms with Crippen molar-refractivity contribution in [1.29, 1.82) is 0 Å². The maximum Gasteiger partial charge on any atom is 0.336 e. The summed E-state index contributed by atoms with van der Waals surface area (Å²) in [5.74, 6) is 0.856. The molecule has 3 aliphatic rings. The lowest BCUT2D eigenvalue weighted by molar-refractivity contribution is -0.141. The van der Waals surface area contributed by atoms with Crippen LogP contribution >= 0.6 is 0 Å². The van der Waals surface area contributed by atoms with Gasteiger partial charge in [-0.15, -0.1) is 0 Å². The molecule has 0 amide bonds. The van der Waals surface area contributed by atoms with Gasteiger partial charge in [0.25, 0.3) is 0 Å². The van der Waals surface area contributed by atoms with Crippen molar-refractivity contribution < 1.29 is 23.7 Å². The molecule has 4 unspecified atom stereocenters. The third-order valence-electron chi connectivity index (χ3n) is 5.94. The van der Waals surface area contributed by atoms with E-state index in [2.05, 4.69) is 18.7 Å². The molecule has 2 aromatic rings. The Kier molecular flexibility index (Phi) is 5.65. The summed E-state index contributed by atoms with van der Waals surface area (Å²) in [4.78, 5) is 12.8. The smallest absolute Gasteiger partial charge is 0.336 e. The van der Waals surface area contributed by atoms with Gasteiger partial charge in [-0.2, -0.15) is 0 Å². The van der Waals surface area contributed by atoms with Gasteiger partial charge in [0, 0.05) is 11.8 Å². The monoisotopic (exact) mass is 428 g/mol. The summed E-state index contributed by atoms with van der Waals surface area (Å²) in [5, 5.41) is 0. The van der Waals surface area contributed by atoms with E-state index >= 15 is 0 Å². The highest BCUT2D eigenvalue weighted by Gasteiger charge is 2.47. The Hall–Kier alpha value is -3.57. The van der Waals surface area contributed by atoms with Gasteiger partial charge in [-0.05, 0) is 23.3 Å². The minimum absolute atomic E-state index is 0.000847. The molecule has 0 spiro atoms. The number of fused-ring (bicyclic) bond motifs is 2. The number of hydrogen-bond donors (Lipinski definition) is 0. The first-order valence-corrected chi connectivity index (χ1v) is 10.7. The van der Waals surface area contributed by atoms with Crippen LogP contribution < -0.4 is 0 Å². The van der Waals surface area contributed by atoms with Crippen LogP contribution in [0, 0.1) is 11.8 Å². The number of carbonyl (C=O) groups excluding carboxylic acids is 1. The Balaban J connectivity index is 1.36. The molecule has 2 heterocycles. The summed E-state index contributed by atoms with van der Waals surface area (Å²) in [6, 6.07) is 19.6. The van der Waals surface area contributed by atoms with E-state index in [0.29, 0.717) is 11.3 Å². The summed E-state index contributed by atoms with van der Waals surface area (Å²) < 4.78 is 22.9. The SMILES string of the molecule is C=C(C(=O)OCc1ccccc1)C1OC2C=C3OCOC3=CC2C1/C=C/c1ccccc1. The highest BCUT2D eigenvalue weighted by Crippen LogP contribution is 2.44. The first kappa shape index (κ1) is 20.3. The topological polar surface area (TPSA) is 54.0 Å². The van der Waals surface area contributed by atoms with E-state index in [4.69, 9.17) is 18.9 Å². The number of ether oxygens (including phenoxy) is 4. The predicted molar refractivity (Wildman–Crippen MR) is 120 cm³/mol. The normalized spacial score (nSPS) is 25.8. The predicted octanol–water partition coefficient (Wildman–Crippen LogP) is 4.78. The summed E-state index contributed by atoms with van der Waals surface area (Å²) in [6.45, 7) is 4.45. The number of hydrogen-bond acceptors (Lipinski definition) is 5. The Morgan fingerprint density at radius 1 is 1.00 bits per heavy atom. The molecule has 0 aromatic heterocycles. The first-order chi connectivity index (χ1) is 15.7. The molecule has 5 rings (SSSR count). The fourth-order valence-corrected chi connectivity index (χ4v) is 4.27. The maximum atomic E-state index is 12.8. The Morgan fingerprint density at radius 2 is 1.69 bits per heavy atom. The third-order valence-corrected chi connectivity index (χ3v) is 5.94. The van der Waals surface area contributed by atoms with Crippen LogP contribution in [0.5, 0.6) is 0 Å². The van der Waals surface area contributed by atoms with Crippen LogP contribution in [0.25, 0.3) is 6.08 Å². The van der Waals surface area contributed by atoms with E-state index in [1.165, 1.54) is 0 Å². The molecule has 5 nitrogen and oxygen atoms in total. The van der Waals surface area contributed by atoms with Crippen molar-refractivity contribution >= 4 is 12.0 Å². The third kappa shape index (κ3) is 4.12. The summed E-state index contributed by atoms with van der Waals surface area (Å²) >= 11 is 0. The van der Waals surface area contributed by atoms with Crippen molar-refractivity contribution in [1.82, 2.24) is 0 Å². The van der Waals surface area contributed by atoms with E-state index in [1.54, 1.807) is 0 Å². The van der Waals surface area contributed by atoms with Gasteiger partial charge in [0.2, 0.25) is 6.79 Å². The van der Waals surface area contributed by atoms with Crippen molar-refractivity contribution in [3.8, 4) is 0 Å². The lowest BCUT2D eigenvalue weighted by atomic mass is 9.81. The maximum absolute atomic E-state index is 12.8. The van der Waals surface area contributed by atoms with Crippen molar-refractivity contribution in [3.63, 3.8) is 0 Å². The summed E-state index contributed by atoms with van der Waals surface area (Å²) in [5.41, 5.74) is 2.31. The largest absolute Gasteiger partial charge is 0.457 e. The van der Waals surface area contributed by atoms with Gasteiger partial charge in [0.05, 0.1) is 17.8 Å². The van der Waals surface area contributed by atoms with Gasteiger partial charge >= 0.3 is 5.97 Å². The van der Waals surface area contributed by atoms with E-state index in [-0.39, 0.29) is 31.3 Å². The van der Waals surface area contributed by atoms with Crippen molar-refractivity contribution in [2.75, 3.05) is 6.79 Å². The molecule has 0 radical (unpaired) electrons. The molecule has 2 saturated heterocycles. The van der Waals surface area contributed by atoms with E-state index < -0.39 is 12.1 Å². The average molecular weight is 428 g/mol. The van der Waals surface area contributed by atoms with Crippen LogP contribution in [0.2, 0.25) is 0 Å². The highest BCUT2D eigenvalue weighted by atomic mass is 16.7. The van der Waals surface area contributed by atoms with E-state index in [1.807, 2.05) is 72.8 Å². The number of esters is 1. The molecule has 162 valence electrons. The molecule has 32 heavy (non-hydrogen) atoms. The van der Waals surface area contributed by atoms with Gasteiger partial charge < -0.3 is 18.9 Å². The molecule has 0 bridgehead atoms. The zero-order chi connectivity index (χ0) is 21.9. The number of benzene rings is 2. The Morgan fingerprint density at radius 3 is 2.44 bits per heavy atom. The summed E-state index contributed by atoms with van der Waals surface area (Å²) in [6.07, 6.45) is 7.36. The molecule has 0 saturated carbocycles. The molecule has 2 aliphatic heterocycles. The second-order valence-corrected chi connectivity index (χ2v) is 8.00. The first-order valence-electron chi connectivity index (χ1n) is 10.7. The molecule has 0 N–H and O–H groups in total. The van der Waals surface area contributed by atoms with Gasteiger partial charge in [-0.3, -0.25) is 0 Å². The van der Waals surface area contributed by atoms with Gasteiger partial charge in [-0.1, -0.05) is 79.4 Å². The van der Waals surface area contributed by atoms with Crippen LogP contribution in [0.3, 0.4) is 0 Å². The van der Waals surface area contributed by atoms with Crippen LogP contribution in [0.4, 0.5) is 0 Å². The lowest BCUT2D eigenvalue weighted by Gasteiger charge is -2.21. The Labute approximate surface area is 187 Å². The second kappa shape index (κ2) is 8.89. The average Bonchev–Trinajstić information content (AvgIpc) is 3.44. The van der Waals surface area contributed by atoms with Crippen molar-refractivity contribution in [3.05, 3.63) is 114 Å². The minimum Gasteiger partial charge on any atom is -0.457 e. The zero-order valence-corrected chi connectivity index (χ0v) is 17.6. The van der Waals surface area contributed by atoms with Gasteiger partial charge in [0.1, 0.15) is 6.61 Å². The molecular weight excluding hydrogens is 404 g/mol.